The number of hydrogen-bond donors (Lipinski definition) is 2. The predicted molar refractivity (Wildman–Crippen MR) is 50.5 cm³/mol. The number of nitrogens with two attached hydrogens (primary N) is 2. The van der Waals surface area contributed by atoms with Gasteiger partial charge in [0, 0.05) is 12.2 Å². The van der Waals surface area contributed by atoms with Crippen LogP contribution in [0.1, 0.15) is 17.2 Å². The van der Waals surface area contributed by atoms with E-state index in [1.807, 2.05) is 13.0 Å². The predicted octanol–water partition coefficient (Wildman–Crippen LogP) is 1.16. The van der Waals surface area contributed by atoms with E-state index in [1.165, 1.54) is 0 Å². The van der Waals surface area contributed by atoms with Crippen LogP contribution in [0.3, 0.4) is 0 Å². The van der Waals surface area contributed by atoms with Gasteiger partial charge in [-0.3, -0.25) is 0 Å². The van der Waals surface area contributed by atoms with Crippen molar-refractivity contribution in [3.05, 3.63) is 36.0 Å². The third-order valence-electron chi connectivity index (χ3n) is 1.78. The van der Waals surface area contributed by atoms with Crippen molar-refractivity contribution in [1.29, 1.82) is 0 Å². The average Bonchev–Trinajstić information content (AvgIpc) is 2.08. The first-order valence-corrected chi connectivity index (χ1v) is 3.75. The number of aryl methyl sites for hydroxylation is 1. The molecule has 0 saturated carbocycles. The van der Waals surface area contributed by atoms with Gasteiger partial charge in [0.15, 0.2) is 0 Å². The van der Waals surface area contributed by atoms with E-state index in [1.54, 1.807) is 12.3 Å². The fourth-order valence-electron chi connectivity index (χ4n) is 0.925. The lowest BCUT2D eigenvalue weighted by atomic mass is 10.1. The van der Waals surface area contributed by atoms with E-state index < -0.39 is 0 Å². The molecule has 12 heavy (non-hydrogen) atoms. The van der Waals surface area contributed by atoms with Gasteiger partial charge in [-0.1, -0.05) is 6.08 Å². The van der Waals surface area contributed by atoms with Gasteiger partial charge in [-0.05, 0) is 24.1 Å². The lowest BCUT2D eigenvalue weighted by Crippen LogP contribution is -2.08. The van der Waals surface area contributed by atoms with Crippen molar-refractivity contribution < 1.29 is 0 Å². The highest BCUT2D eigenvalue weighted by molar-refractivity contribution is 5.40. The third kappa shape index (κ3) is 1.62. The number of nitrogen functional groups attached to an aromatic ring is 1. The van der Waals surface area contributed by atoms with E-state index in [4.69, 9.17) is 11.5 Å². The van der Waals surface area contributed by atoms with Gasteiger partial charge in [-0.25, -0.2) is 4.98 Å². The molecule has 0 radical (unpaired) electrons. The average molecular weight is 163 g/mol. The summed E-state index contributed by atoms with van der Waals surface area (Å²) in [6.45, 7) is 5.51. The molecule has 0 aromatic carbocycles. The van der Waals surface area contributed by atoms with Gasteiger partial charge in [0.05, 0.1) is 0 Å². The van der Waals surface area contributed by atoms with Crippen LogP contribution in [0.2, 0.25) is 0 Å². The zero-order valence-corrected chi connectivity index (χ0v) is 7.12. The monoisotopic (exact) mass is 163 g/mol. The van der Waals surface area contributed by atoms with E-state index in [-0.39, 0.29) is 6.04 Å². The SMILES string of the molecule is C=C[C@@H](N)c1cnc(N)c(C)c1. The van der Waals surface area contributed by atoms with Crippen LogP contribution in [-0.4, -0.2) is 4.98 Å². The summed E-state index contributed by atoms with van der Waals surface area (Å²) in [7, 11) is 0. The molecule has 0 bridgehead atoms. The molecule has 0 aliphatic heterocycles. The molecule has 64 valence electrons. The molecule has 3 heteroatoms. The first kappa shape index (κ1) is 8.74. The Hall–Kier alpha value is -1.35. The van der Waals surface area contributed by atoms with Crippen LogP contribution in [-0.2, 0) is 0 Å². The first-order chi connectivity index (χ1) is 5.65. The lowest BCUT2D eigenvalue weighted by Gasteiger charge is -2.07. The Morgan fingerprint density at radius 2 is 2.33 bits per heavy atom. The number of rotatable bonds is 2. The maximum Gasteiger partial charge on any atom is 0.126 e. The fraction of sp³-hybridized carbons (Fsp3) is 0.222. The summed E-state index contributed by atoms with van der Waals surface area (Å²) in [5.74, 6) is 0.551. The Labute approximate surface area is 72.1 Å². The molecule has 0 saturated heterocycles. The van der Waals surface area contributed by atoms with Gasteiger partial charge < -0.3 is 11.5 Å². The van der Waals surface area contributed by atoms with Gasteiger partial charge in [0.1, 0.15) is 5.82 Å². The van der Waals surface area contributed by atoms with Crippen molar-refractivity contribution in [3.63, 3.8) is 0 Å². The molecule has 0 aliphatic carbocycles. The molecule has 0 unspecified atom stereocenters. The van der Waals surface area contributed by atoms with E-state index >= 15 is 0 Å². The largest absolute Gasteiger partial charge is 0.383 e. The number of pyridine rings is 1. The number of nitrogens with zero attached hydrogens (tertiary/aromatic N) is 1. The van der Waals surface area contributed by atoms with Gasteiger partial charge in [-0.15, -0.1) is 6.58 Å². The summed E-state index contributed by atoms with van der Waals surface area (Å²) in [6, 6.07) is 1.77. The Balaban J connectivity index is 3.04. The van der Waals surface area contributed by atoms with E-state index in [2.05, 4.69) is 11.6 Å². The summed E-state index contributed by atoms with van der Waals surface area (Å²) >= 11 is 0. The molecule has 0 aliphatic rings. The second-order valence-corrected chi connectivity index (χ2v) is 2.73. The second-order valence-electron chi connectivity index (χ2n) is 2.73. The highest BCUT2D eigenvalue weighted by Crippen LogP contribution is 2.14. The lowest BCUT2D eigenvalue weighted by molar-refractivity contribution is 0.902. The quantitative estimate of drug-likeness (QED) is 0.643. The summed E-state index contributed by atoms with van der Waals surface area (Å²) in [6.07, 6.45) is 3.35. The van der Waals surface area contributed by atoms with Gasteiger partial charge in [0.2, 0.25) is 0 Å². The molecule has 3 nitrogen and oxygen atoms in total. The first-order valence-electron chi connectivity index (χ1n) is 3.75. The molecule has 4 N–H and O–H groups in total. The van der Waals surface area contributed by atoms with Crippen LogP contribution >= 0.6 is 0 Å². The maximum atomic E-state index is 5.71. The summed E-state index contributed by atoms with van der Waals surface area (Å²) in [5.41, 5.74) is 13.2. The minimum absolute atomic E-state index is 0.156. The van der Waals surface area contributed by atoms with Gasteiger partial charge in [-0.2, -0.15) is 0 Å². The standard InChI is InChI=1S/C9H13N3/c1-3-8(10)7-4-6(2)9(11)12-5-7/h3-5,8H,1,10H2,2H3,(H2,11,12)/t8-/m1/s1. The van der Waals surface area contributed by atoms with Crippen LogP contribution in [0.5, 0.6) is 0 Å². The topological polar surface area (TPSA) is 64.9 Å². The summed E-state index contributed by atoms with van der Waals surface area (Å²) < 4.78 is 0. The van der Waals surface area contributed by atoms with Crippen molar-refractivity contribution >= 4 is 5.82 Å². The Kier molecular flexibility index (Phi) is 2.45. The zero-order valence-electron chi connectivity index (χ0n) is 7.12. The molecule has 1 rings (SSSR count). The molecule has 0 amide bonds. The molecular formula is C9H13N3. The van der Waals surface area contributed by atoms with Crippen LogP contribution in [0.25, 0.3) is 0 Å². The fourth-order valence-corrected chi connectivity index (χ4v) is 0.925. The van der Waals surface area contributed by atoms with Crippen molar-refractivity contribution in [2.75, 3.05) is 5.73 Å². The molecular weight excluding hydrogens is 150 g/mol. The van der Waals surface area contributed by atoms with Crippen molar-refractivity contribution in [1.82, 2.24) is 4.98 Å². The minimum atomic E-state index is -0.156. The van der Waals surface area contributed by atoms with Gasteiger partial charge in [0.25, 0.3) is 0 Å². The summed E-state index contributed by atoms with van der Waals surface area (Å²) in [4.78, 5) is 4.00. The van der Waals surface area contributed by atoms with Gasteiger partial charge >= 0.3 is 0 Å². The highest BCUT2D eigenvalue weighted by Gasteiger charge is 2.02. The second kappa shape index (κ2) is 3.36. The van der Waals surface area contributed by atoms with Crippen LogP contribution in [0.15, 0.2) is 24.9 Å². The number of hydrogen-bond acceptors (Lipinski definition) is 3. The van der Waals surface area contributed by atoms with Crippen molar-refractivity contribution in [2.24, 2.45) is 5.73 Å². The minimum Gasteiger partial charge on any atom is -0.383 e. The Morgan fingerprint density at radius 1 is 1.67 bits per heavy atom. The molecule has 1 aromatic rings. The highest BCUT2D eigenvalue weighted by atomic mass is 14.8. The van der Waals surface area contributed by atoms with E-state index in [0.29, 0.717) is 5.82 Å². The van der Waals surface area contributed by atoms with E-state index in [0.717, 1.165) is 11.1 Å². The third-order valence-corrected chi connectivity index (χ3v) is 1.78. The van der Waals surface area contributed by atoms with Crippen LogP contribution < -0.4 is 11.5 Å². The number of aromatic nitrogens is 1. The molecule has 0 spiro atoms. The Morgan fingerprint density at radius 3 is 2.83 bits per heavy atom. The van der Waals surface area contributed by atoms with E-state index in [9.17, 15) is 0 Å². The van der Waals surface area contributed by atoms with Crippen LogP contribution in [0.4, 0.5) is 5.82 Å². The number of anilines is 1. The molecule has 1 aromatic heterocycles. The van der Waals surface area contributed by atoms with Crippen molar-refractivity contribution in [2.45, 2.75) is 13.0 Å². The maximum absolute atomic E-state index is 5.71. The van der Waals surface area contributed by atoms with Crippen molar-refractivity contribution in [3.8, 4) is 0 Å². The molecule has 1 atom stereocenters. The molecule has 0 fully saturated rings. The smallest absolute Gasteiger partial charge is 0.126 e. The normalized spacial score (nSPS) is 12.5. The Bertz CT molecular complexity index is 294. The zero-order chi connectivity index (χ0) is 9.14. The van der Waals surface area contributed by atoms with Crippen LogP contribution in [0, 0.1) is 6.92 Å². The molecule has 1 heterocycles. The summed E-state index contributed by atoms with van der Waals surface area (Å²) in [5, 5.41) is 0.